The fraction of sp³-hybridized carbons (Fsp3) is 0.410. The summed E-state index contributed by atoms with van der Waals surface area (Å²) in [6.07, 6.45) is 13.9. The molecule has 7 heteroatoms. The molecule has 6 aromatic carbocycles. The van der Waals surface area contributed by atoms with E-state index in [0.717, 1.165) is 144 Å². The van der Waals surface area contributed by atoms with Crippen LogP contribution in [0, 0.1) is 10.8 Å². The number of aryl methyl sites for hydroxylation is 1. The Bertz CT molecular complexity index is 2150. The Morgan fingerprint density at radius 2 is 0.765 bits per heavy atom. The lowest BCUT2D eigenvalue weighted by molar-refractivity contribution is -0.150. The summed E-state index contributed by atoms with van der Waals surface area (Å²) in [4.78, 5) is 4.65. The molecule has 0 atom stereocenters. The smallest absolute Gasteiger partial charge is 0.119 e. The van der Waals surface area contributed by atoms with Crippen LogP contribution in [-0.4, -0.2) is 59.5 Å². The van der Waals surface area contributed by atoms with Gasteiger partial charge in [-0.05, 0) is 153 Å². The molecule has 0 spiro atoms. The van der Waals surface area contributed by atoms with Crippen LogP contribution in [0.2, 0.25) is 0 Å². The first-order valence-electron chi connectivity index (χ1n) is 25.6. The van der Waals surface area contributed by atoms with Crippen molar-refractivity contribution in [2.45, 2.75) is 90.9 Å². The zero-order chi connectivity index (χ0) is 46.7. The molecule has 0 saturated carbocycles. The van der Waals surface area contributed by atoms with Crippen LogP contribution in [0.4, 0.5) is 34.1 Å². The number of rotatable bonds is 29. The molecule has 2 aliphatic heterocycles. The van der Waals surface area contributed by atoms with Gasteiger partial charge in [0.1, 0.15) is 5.75 Å². The minimum absolute atomic E-state index is 0.268. The van der Waals surface area contributed by atoms with Crippen molar-refractivity contribution in [2.24, 2.45) is 10.8 Å². The lowest BCUT2D eigenvalue weighted by Gasteiger charge is -2.40. The summed E-state index contributed by atoms with van der Waals surface area (Å²) in [5.74, 6) is 0.897. The molecule has 0 aliphatic carbocycles. The molecule has 2 aliphatic rings. The van der Waals surface area contributed by atoms with E-state index in [2.05, 4.69) is 181 Å². The van der Waals surface area contributed by atoms with Crippen molar-refractivity contribution in [3.63, 3.8) is 0 Å². The molecule has 0 radical (unpaired) electrons. The summed E-state index contributed by atoms with van der Waals surface area (Å²) in [6.45, 7) is 12.0. The average molecular weight is 915 g/mol. The van der Waals surface area contributed by atoms with E-state index in [-0.39, 0.29) is 10.8 Å². The zero-order valence-electron chi connectivity index (χ0n) is 40.8. The van der Waals surface area contributed by atoms with Crippen LogP contribution < -0.4 is 14.5 Å². The molecule has 8 rings (SSSR count). The van der Waals surface area contributed by atoms with Crippen LogP contribution in [0.15, 0.2) is 158 Å². The summed E-state index contributed by atoms with van der Waals surface area (Å²) < 4.78 is 29.0. The second kappa shape index (κ2) is 25.2. The largest absolute Gasteiger partial charge is 0.494 e. The highest BCUT2D eigenvalue weighted by molar-refractivity contribution is 5.80. The fourth-order valence-electron chi connectivity index (χ4n) is 9.21. The van der Waals surface area contributed by atoms with Gasteiger partial charge in [-0.1, -0.05) is 112 Å². The third-order valence-electron chi connectivity index (χ3n) is 14.1. The van der Waals surface area contributed by atoms with E-state index in [9.17, 15) is 0 Å². The molecule has 358 valence electrons. The number of unbranched alkanes of at least 4 members (excludes halogenated alkanes) is 7. The number of benzene rings is 6. The first kappa shape index (κ1) is 49.0. The van der Waals surface area contributed by atoms with Crippen molar-refractivity contribution >= 4 is 34.1 Å². The molecule has 2 fully saturated rings. The molecule has 0 bridgehead atoms. The standard InChI is InChI=1S/C61H74N2O5/c1-3-60(46-66-47-60)44-64-41-17-7-5-6-12-20-50-25-31-55(32-26-50)62(53-21-13-10-14-22-53)56-33-27-51(28-34-56)52-29-35-57(36-30-52)63(54-23-15-11-16-24-54)58-37-39-59(40-38-58)68-43-19-9-8-18-42-65-45-61(4-2)48-67-49-61/h10-11,13-16,21-40H,3-9,12,17-20,41-49H2,1-2H3. The van der Waals surface area contributed by atoms with Crippen molar-refractivity contribution in [1.29, 1.82) is 0 Å². The van der Waals surface area contributed by atoms with Crippen molar-refractivity contribution in [1.82, 2.24) is 0 Å². The van der Waals surface area contributed by atoms with E-state index in [1.54, 1.807) is 0 Å². The highest BCUT2D eigenvalue weighted by Gasteiger charge is 2.37. The molecule has 2 heterocycles. The normalized spacial score (nSPS) is 14.7. The van der Waals surface area contributed by atoms with Gasteiger partial charge >= 0.3 is 0 Å². The van der Waals surface area contributed by atoms with E-state index in [1.807, 2.05) is 0 Å². The Balaban J connectivity index is 0.829. The first-order chi connectivity index (χ1) is 33.6. The Hall–Kier alpha value is -5.44. The van der Waals surface area contributed by atoms with Gasteiger partial charge in [0.15, 0.2) is 0 Å². The maximum absolute atomic E-state index is 6.17. The third kappa shape index (κ3) is 13.4. The molecular weight excluding hydrogens is 841 g/mol. The molecule has 0 aromatic heterocycles. The summed E-state index contributed by atoms with van der Waals surface area (Å²) in [7, 11) is 0. The molecule has 6 aromatic rings. The van der Waals surface area contributed by atoms with Gasteiger partial charge in [-0.2, -0.15) is 0 Å². The van der Waals surface area contributed by atoms with Crippen molar-refractivity contribution in [3.05, 3.63) is 163 Å². The second-order valence-electron chi connectivity index (χ2n) is 19.2. The predicted molar refractivity (Wildman–Crippen MR) is 281 cm³/mol. The number of hydrogen-bond acceptors (Lipinski definition) is 7. The minimum atomic E-state index is 0.268. The highest BCUT2D eigenvalue weighted by Crippen LogP contribution is 2.39. The Morgan fingerprint density at radius 3 is 1.18 bits per heavy atom. The fourth-order valence-corrected chi connectivity index (χ4v) is 9.21. The van der Waals surface area contributed by atoms with Gasteiger partial charge in [-0.3, -0.25) is 0 Å². The maximum Gasteiger partial charge on any atom is 0.119 e. The summed E-state index contributed by atoms with van der Waals surface area (Å²) in [5.41, 5.74) is 11.0. The third-order valence-corrected chi connectivity index (χ3v) is 14.1. The van der Waals surface area contributed by atoms with Crippen LogP contribution in [0.5, 0.6) is 5.75 Å². The Morgan fingerprint density at radius 1 is 0.397 bits per heavy atom. The van der Waals surface area contributed by atoms with Crippen LogP contribution in [0.3, 0.4) is 0 Å². The lowest BCUT2D eigenvalue weighted by atomic mass is 9.84. The number of anilines is 6. The number of hydrogen-bond donors (Lipinski definition) is 0. The maximum atomic E-state index is 6.17. The van der Waals surface area contributed by atoms with Gasteiger partial charge in [0.2, 0.25) is 0 Å². The lowest BCUT2D eigenvalue weighted by Crippen LogP contribution is -2.45. The van der Waals surface area contributed by atoms with Crippen molar-refractivity contribution in [2.75, 3.05) is 69.3 Å². The van der Waals surface area contributed by atoms with Gasteiger partial charge in [0.05, 0.1) is 46.2 Å². The second-order valence-corrected chi connectivity index (χ2v) is 19.2. The number of ether oxygens (including phenoxy) is 5. The van der Waals surface area contributed by atoms with Gasteiger partial charge in [-0.15, -0.1) is 0 Å². The molecule has 68 heavy (non-hydrogen) atoms. The molecule has 0 unspecified atom stereocenters. The topological polar surface area (TPSA) is 52.6 Å². The van der Waals surface area contributed by atoms with Crippen LogP contribution >= 0.6 is 0 Å². The van der Waals surface area contributed by atoms with E-state index in [1.165, 1.54) is 42.4 Å². The van der Waals surface area contributed by atoms with Crippen LogP contribution in [-0.2, 0) is 25.4 Å². The monoisotopic (exact) mass is 915 g/mol. The minimum Gasteiger partial charge on any atom is -0.494 e. The highest BCUT2D eigenvalue weighted by atomic mass is 16.5. The van der Waals surface area contributed by atoms with E-state index < -0.39 is 0 Å². The Kier molecular flexibility index (Phi) is 18.2. The molecule has 0 amide bonds. The van der Waals surface area contributed by atoms with Gasteiger partial charge in [0, 0.05) is 58.2 Å². The quantitative estimate of drug-likeness (QED) is 0.0435. The predicted octanol–water partition coefficient (Wildman–Crippen LogP) is 15.6. The van der Waals surface area contributed by atoms with E-state index in [0.29, 0.717) is 6.61 Å². The summed E-state index contributed by atoms with van der Waals surface area (Å²) in [6, 6.07) is 56.7. The van der Waals surface area contributed by atoms with E-state index in [4.69, 9.17) is 23.7 Å². The molecule has 2 saturated heterocycles. The first-order valence-corrected chi connectivity index (χ1v) is 25.6. The van der Waals surface area contributed by atoms with Gasteiger partial charge in [0.25, 0.3) is 0 Å². The molecule has 7 nitrogen and oxygen atoms in total. The van der Waals surface area contributed by atoms with Gasteiger partial charge < -0.3 is 33.5 Å². The average Bonchev–Trinajstić information content (AvgIpc) is 3.36. The molecule has 0 N–H and O–H groups in total. The Labute approximate surface area is 407 Å². The van der Waals surface area contributed by atoms with Crippen molar-refractivity contribution < 1.29 is 23.7 Å². The van der Waals surface area contributed by atoms with Crippen molar-refractivity contribution in [3.8, 4) is 16.9 Å². The SMILES string of the molecule is CCC1(COCCCCCCCc2ccc(N(c3ccccc3)c3ccc(-c4ccc(N(c5ccccc5)c5ccc(OCCCCCCOCC6(CC)COC6)cc5)cc4)cc3)cc2)COC1. The summed E-state index contributed by atoms with van der Waals surface area (Å²) in [5, 5.41) is 0. The zero-order valence-corrected chi connectivity index (χ0v) is 40.8. The molecular formula is C61H74N2O5. The van der Waals surface area contributed by atoms with Crippen LogP contribution in [0.1, 0.15) is 90.0 Å². The van der Waals surface area contributed by atoms with Crippen LogP contribution in [0.25, 0.3) is 11.1 Å². The number of para-hydroxylation sites is 2. The van der Waals surface area contributed by atoms with Gasteiger partial charge in [-0.25, -0.2) is 0 Å². The summed E-state index contributed by atoms with van der Waals surface area (Å²) >= 11 is 0. The number of nitrogens with zero attached hydrogens (tertiary/aromatic N) is 2. The van der Waals surface area contributed by atoms with E-state index >= 15 is 0 Å².